The minimum absolute atomic E-state index is 0.236. The Hall–Kier alpha value is -1.30. The first kappa shape index (κ1) is 17.1. The van der Waals surface area contributed by atoms with Crippen molar-refractivity contribution < 1.29 is 14.3 Å². The summed E-state index contributed by atoms with van der Waals surface area (Å²) in [5.74, 6) is 0.508. The number of hydrogen-bond acceptors (Lipinski definition) is 4. The second-order valence-electron chi connectivity index (χ2n) is 5.46. The van der Waals surface area contributed by atoms with E-state index in [9.17, 15) is 4.79 Å². The molecule has 1 fully saturated rings. The number of hydrogen-bond donors (Lipinski definition) is 2. The van der Waals surface area contributed by atoms with Crippen LogP contribution in [0.15, 0.2) is 24.3 Å². The highest BCUT2D eigenvalue weighted by atomic mass is 35.5. The van der Waals surface area contributed by atoms with Crippen molar-refractivity contribution in [2.75, 3.05) is 33.4 Å². The molecule has 1 aliphatic heterocycles. The summed E-state index contributed by atoms with van der Waals surface area (Å²) in [4.78, 5) is 11.3. The van der Waals surface area contributed by atoms with Crippen LogP contribution < -0.4 is 10.6 Å². The summed E-state index contributed by atoms with van der Waals surface area (Å²) in [6.07, 6.45) is 1.64. The van der Waals surface area contributed by atoms with Gasteiger partial charge in [0, 0.05) is 11.6 Å². The summed E-state index contributed by atoms with van der Waals surface area (Å²) >= 11 is 6.05. The lowest BCUT2D eigenvalue weighted by molar-refractivity contribution is 0.0229. The van der Waals surface area contributed by atoms with Gasteiger partial charge in [-0.05, 0) is 43.0 Å². The fourth-order valence-electron chi connectivity index (χ4n) is 2.55. The van der Waals surface area contributed by atoms with Gasteiger partial charge < -0.3 is 20.1 Å². The molecule has 1 heterocycles. The Morgan fingerprint density at radius 2 is 2.41 bits per heavy atom. The van der Waals surface area contributed by atoms with Crippen molar-refractivity contribution in [1.29, 1.82) is 0 Å². The van der Waals surface area contributed by atoms with Gasteiger partial charge in [-0.25, -0.2) is 4.79 Å². The highest BCUT2D eigenvalue weighted by Crippen LogP contribution is 2.22. The Morgan fingerprint density at radius 3 is 3.09 bits per heavy atom. The first-order valence-electron chi connectivity index (χ1n) is 7.58. The maximum absolute atomic E-state index is 11.3. The number of ether oxygens (including phenoxy) is 2. The van der Waals surface area contributed by atoms with Crippen molar-refractivity contribution in [2.24, 2.45) is 5.92 Å². The highest BCUT2D eigenvalue weighted by molar-refractivity contribution is 6.30. The van der Waals surface area contributed by atoms with Crippen molar-refractivity contribution >= 4 is 17.7 Å². The van der Waals surface area contributed by atoms with E-state index in [4.69, 9.17) is 16.3 Å². The van der Waals surface area contributed by atoms with Crippen LogP contribution in [-0.4, -0.2) is 39.4 Å². The number of piperidine rings is 1. The molecular weight excluding hydrogens is 304 g/mol. The molecule has 5 nitrogen and oxygen atoms in total. The third-order valence-electron chi connectivity index (χ3n) is 3.77. The third kappa shape index (κ3) is 5.48. The number of benzene rings is 1. The molecule has 1 amide bonds. The van der Waals surface area contributed by atoms with Crippen LogP contribution >= 0.6 is 11.6 Å². The van der Waals surface area contributed by atoms with E-state index in [1.165, 1.54) is 20.0 Å². The number of carbonyl (C=O) groups excluding carboxylic acids is 1. The largest absolute Gasteiger partial charge is 0.453 e. The van der Waals surface area contributed by atoms with Crippen molar-refractivity contribution in [1.82, 2.24) is 10.6 Å². The minimum atomic E-state index is -0.463. The van der Waals surface area contributed by atoms with Gasteiger partial charge in [-0.3, -0.25) is 0 Å². The minimum Gasteiger partial charge on any atom is -0.453 e. The average molecular weight is 327 g/mol. The number of methoxy groups -OCH3 is 1. The number of rotatable bonds is 6. The van der Waals surface area contributed by atoms with Crippen molar-refractivity contribution in [3.8, 4) is 0 Å². The Morgan fingerprint density at radius 1 is 1.55 bits per heavy atom. The van der Waals surface area contributed by atoms with Crippen LogP contribution in [0.25, 0.3) is 0 Å². The van der Waals surface area contributed by atoms with Gasteiger partial charge in [0.05, 0.1) is 26.4 Å². The van der Waals surface area contributed by atoms with Gasteiger partial charge in [0.25, 0.3) is 0 Å². The van der Waals surface area contributed by atoms with E-state index in [0.717, 1.165) is 18.7 Å². The molecule has 22 heavy (non-hydrogen) atoms. The molecule has 0 radical (unpaired) electrons. The van der Waals surface area contributed by atoms with Crippen molar-refractivity contribution in [2.45, 2.75) is 18.9 Å². The van der Waals surface area contributed by atoms with Crippen LogP contribution in [0.2, 0.25) is 5.02 Å². The van der Waals surface area contributed by atoms with Gasteiger partial charge in [-0.1, -0.05) is 23.7 Å². The lowest BCUT2D eigenvalue weighted by Gasteiger charge is -2.26. The number of amides is 1. The van der Waals surface area contributed by atoms with Gasteiger partial charge in [-0.2, -0.15) is 0 Å². The second-order valence-corrected chi connectivity index (χ2v) is 5.90. The summed E-state index contributed by atoms with van der Waals surface area (Å²) in [5.41, 5.74) is 0.952. The van der Waals surface area contributed by atoms with Crippen molar-refractivity contribution in [3.05, 3.63) is 34.9 Å². The van der Waals surface area contributed by atoms with E-state index in [2.05, 4.69) is 15.4 Å². The molecule has 0 aromatic heterocycles. The highest BCUT2D eigenvalue weighted by Gasteiger charge is 2.18. The lowest BCUT2D eigenvalue weighted by Crippen LogP contribution is -2.34. The summed E-state index contributed by atoms with van der Waals surface area (Å²) in [6, 6.07) is 7.52. The van der Waals surface area contributed by atoms with Crippen LogP contribution in [-0.2, 0) is 9.47 Å². The number of carbonyl (C=O) groups is 1. The van der Waals surface area contributed by atoms with Gasteiger partial charge >= 0.3 is 6.09 Å². The first-order chi connectivity index (χ1) is 10.7. The van der Waals surface area contributed by atoms with E-state index >= 15 is 0 Å². The van der Waals surface area contributed by atoms with E-state index in [1.54, 1.807) is 0 Å². The molecule has 0 aliphatic carbocycles. The van der Waals surface area contributed by atoms with Crippen LogP contribution in [0, 0.1) is 5.92 Å². The number of alkyl carbamates (subject to hydrolysis) is 1. The molecule has 1 unspecified atom stereocenters. The standard InChI is InChI=1S/C16H23ClN2O3/c1-21-16(20)19-10-15(13-5-2-6-14(17)8-13)22-11-12-4-3-7-18-9-12/h2,5-6,8,12,15,18H,3-4,7,9-11H2,1H3,(H,19,20)/t12?,15-/m0/s1. The van der Waals surface area contributed by atoms with Gasteiger partial charge in [0.15, 0.2) is 0 Å². The summed E-state index contributed by atoms with van der Waals surface area (Å²) < 4.78 is 10.7. The fraction of sp³-hybridized carbons (Fsp3) is 0.562. The molecule has 1 saturated heterocycles. The molecule has 2 rings (SSSR count). The van der Waals surface area contributed by atoms with E-state index in [1.807, 2.05) is 24.3 Å². The number of halogens is 1. The second kappa shape index (κ2) is 8.98. The van der Waals surface area contributed by atoms with Crippen molar-refractivity contribution in [3.63, 3.8) is 0 Å². The monoisotopic (exact) mass is 326 g/mol. The predicted molar refractivity (Wildman–Crippen MR) is 86.1 cm³/mol. The molecule has 0 bridgehead atoms. The molecule has 0 spiro atoms. The van der Waals surface area contributed by atoms with Gasteiger partial charge in [0.2, 0.25) is 0 Å². The Labute approximate surface area is 136 Å². The maximum atomic E-state index is 11.3. The van der Waals surface area contributed by atoms with Gasteiger partial charge in [0.1, 0.15) is 0 Å². The van der Waals surface area contributed by atoms with E-state index in [-0.39, 0.29) is 6.10 Å². The normalized spacial score (nSPS) is 19.5. The molecule has 122 valence electrons. The zero-order valence-corrected chi connectivity index (χ0v) is 13.6. The molecule has 0 saturated carbocycles. The first-order valence-corrected chi connectivity index (χ1v) is 7.96. The molecule has 2 N–H and O–H groups in total. The van der Waals surface area contributed by atoms with E-state index < -0.39 is 6.09 Å². The summed E-state index contributed by atoms with van der Waals surface area (Å²) in [7, 11) is 1.35. The molecule has 1 aliphatic rings. The lowest BCUT2D eigenvalue weighted by atomic mass is 10.0. The van der Waals surface area contributed by atoms with Gasteiger partial charge in [-0.15, -0.1) is 0 Å². The van der Waals surface area contributed by atoms with Crippen LogP contribution in [0.1, 0.15) is 24.5 Å². The summed E-state index contributed by atoms with van der Waals surface area (Å²) in [6.45, 7) is 3.07. The molecular formula is C16H23ClN2O3. The average Bonchev–Trinajstić information content (AvgIpc) is 2.55. The van der Waals surface area contributed by atoms with Crippen LogP contribution in [0.3, 0.4) is 0 Å². The summed E-state index contributed by atoms with van der Waals surface area (Å²) in [5, 5.41) is 6.73. The quantitative estimate of drug-likeness (QED) is 0.844. The fourth-order valence-corrected chi connectivity index (χ4v) is 2.75. The van der Waals surface area contributed by atoms with Crippen LogP contribution in [0.5, 0.6) is 0 Å². The zero-order valence-electron chi connectivity index (χ0n) is 12.8. The van der Waals surface area contributed by atoms with Crippen LogP contribution in [0.4, 0.5) is 4.79 Å². The predicted octanol–water partition coefficient (Wildman–Crippen LogP) is 2.75. The Kier molecular flexibility index (Phi) is 6.96. The topological polar surface area (TPSA) is 59.6 Å². The zero-order chi connectivity index (χ0) is 15.8. The maximum Gasteiger partial charge on any atom is 0.406 e. The van der Waals surface area contributed by atoms with E-state index in [0.29, 0.717) is 24.1 Å². The Balaban J connectivity index is 1.95. The smallest absolute Gasteiger partial charge is 0.406 e. The Bertz CT molecular complexity index is 478. The molecule has 2 atom stereocenters. The number of nitrogens with one attached hydrogen (secondary N) is 2. The molecule has 6 heteroatoms. The third-order valence-corrected chi connectivity index (χ3v) is 4.00. The molecule has 1 aromatic carbocycles. The molecule has 1 aromatic rings. The SMILES string of the molecule is COC(=O)NC[C@H](OCC1CCCNC1)c1cccc(Cl)c1.